The number of benzene rings is 2. The van der Waals surface area contributed by atoms with E-state index in [2.05, 4.69) is 16.2 Å². The average Bonchev–Trinajstić information content (AvgIpc) is 2.95. The molecule has 0 aliphatic rings. The fourth-order valence-corrected chi connectivity index (χ4v) is 2.06. The number of H-pyrrole nitrogens is 1. The SMILES string of the molecule is N#Cc1ccccc1N=Cc1c(-c2ccccc2)[nH]oc1=O. The van der Waals surface area contributed by atoms with Gasteiger partial charge in [-0.1, -0.05) is 42.5 Å². The highest BCUT2D eigenvalue weighted by atomic mass is 16.5. The summed E-state index contributed by atoms with van der Waals surface area (Å²) in [7, 11) is 0. The normalized spacial score (nSPS) is 10.7. The molecule has 3 rings (SSSR count). The number of rotatable bonds is 3. The van der Waals surface area contributed by atoms with Gasteiger partial charge in [0.05, 0.1) is 16.9 Å². The number of aromatic amines is 1. The van der Waals surface area contributed by atoms with Crippen LogP contribution in [0.5, 0.6) is 0 Å². The molecule has 0 atom stereocenters. The molecule has 0 saturated heterocycles. The molecule has 0 aliphatic heterocycles. The van der Waals surface area contributed by atoms with E-state index in [1.165, 1.54) is 6.21 Å². The Morgan fingerprint density at radius 1 is 1.09 bits per heavy atom. The van der Waals surface area contributed by atoms with Crippen LogP contribution in [0.4, 0.5) is 5.69 Å². The van der Waals surface area contributed by atoms with Crippen LogP contribution in [0.1, 0.15) is 11.1 Å². The van der Waals surface area contributed by atoms with Crippen molar-refractivity contribution in [1.29, 1.82) is 5.26 Å². The fraction of sp³-hybridized carbons (Fsp3) is 0. The van der Waals surface area contributed by atoms with E-state index in [0.717, 1.165) is 5.56 Å². The highest BCUT2D eigenvalue weighted by molar-refractivity contribution is 5.89. The molecule has 5 nitrogen and oxygen atoms in total. The monoisotopic (exact) mass is 289 g/mol. The van der Waals surface area contributed by atoms with Gasteiger partial charge >= 0.3 is 5.63 Å². The summed E-state index contributed by atoms with van der Waals surface area (Å²) in [5.41, 5.74) is 2.15. The van der Waals surface area contributed by atoms with E-state index in [1.807, 2.05) is 30.3 Å². The molecule has 0 aliphatic carbocycles. The van der Waals surface area contributed by atoms with Crippen molar-refractivity contribution >= 4 is 11.9 Å². The van der Waals surface area contributed by atoms with E-state index in [-0.39, 0.29) is 0 Å². The molecule has 0 radical (unpaired) electrons. The van der Waals surface area contributed by atoms with Crippen LogP contribution in [0, 0.1) is 11.3 Å². The molecule has 1 heterocycles. The molecule has 106 valence electrons. The number of aromatic nitrogens is 1. The summed E-state index contributed by atoms with van der Waals surface area (Å²) in [5.74, 6) is 0. The average molecular weight is 289 g/mol. The number of para-hydroxylation sites is 1. The zero-order valence-corrected chi connectivity index (χ0v) is 11.5. The Morgan fingerprint density at radius 3 is 2.59 bits per heavy atom. The molecule has 0 saturated carbocycles. The van der Waals surface area contributed by atoms with Crippen molar-refractivity contribution in [2.24, 2.45) is 4.99 Å². The van der Waals surface area contributed by atoms with Crippen molar-refractivity contribution in [1.82, 2.24) is 5.16 Å². The highest BCUT2D eigenvalue weighted by Gasteiger charge is 2.11. The maximum atomic E-state index is 11.8. The minimum Gasteiger partial charge on any atom is -0.338 e. The number of nitrogens with zero attached hydrogens (tertiary/aromatic N) is 2. The summed E-state index contributed by atoms with van der Waals surface area (Å²) in [6.45, 7) is 0. The molecule has 0 unspecified atom stereocenters. The van der Waals surface area contributed by atoms with Crippen molar-refractivity contribution in [3.05, 3.63) is 76.1 Å². The maximum Gasteiger partial charge on any atom is 0.366 e. The number of hydrogen-bond donors (Lipinski definition) is 1. The molecular formula is C17H11N3O2. The first-order valence-electron chi connectivity index (χ1n) is 6.59. The van der Waals surface area contributed by atoms with Crippen LogP contribution in [-0.4, -0.2) is 11.4 Å². The van der Waals surface area contributed by atoms with Gasteiger partial charge in [0.15, 0.2) is 0 Å². The van der Waals surface area contributed by atoms with Gasteiger partial charge in [-0.3, -0.25) is 4.99 Å². The first-order valence-corrected chi connectivity index (χ1v) is 6.59. The first-order chi connectivity index (χ1) is 10.8. The Morgan fingerprint density at radius 2 is 1.82 bits per heavy atom. The van der Waals surface area contributed by atoms with Gasteiger partial charge in [-0.25, -0.2) is 9.95 Å². The van der Waals surface area contributed by atoms with Crippen LogP contribution >= 0.6 is 0 Å². The predicted molar refractivity (Wildman–Crippen MR) is 83.2 cm³/mol. The van der Waals surface area contributed by atoms with E-state index in [1.54, 1.807) is 24.3 Å². The van der Waals surface area contributed by atoms with E-state index >= 15 is 0 Å². The van der Waals surface area contributed by atoms with Gasteiger partial charge < -0.3 is 4.52 Å². The van der Waals surface area contributed by atoms with Gasteiger partial charge in [-0.05, 0) is 12.1 Å². The van der Waals surface area contributed by atoms with Crippen LogP contribution in [0.2, 0.25) is 0 Å². The third kappa shape index (κ3) is 2.58. The van der Waals surface area contributed by atoms with E-state index < -0.39 is 5.63 Å². The lowest BCUT2D eigenvalue weighted by atomic mass is 10.1. The Balaban J connectivity index is 2.04. The third-order valence-corrected chi connectivity index (χ3v) is 3.15. The minimum absolute atomic E-state index is 0.318. The van der Waals surface area contributed by atoms with E-state index in [9.17, 15) is 4.79 Å². The van der Waals surface area contributed by atoms with Crippen molar-refractivity contribution in [2.45, 2.75) is 0 Å². The van der Waals surface area contributed by atoms with Gasteiger partial charge in [-0.15, -0.1) is 0 Å². The quantitative estimate of drug-likeness (QED) is 0.751. The molecule has 1 aromatic heterocycles. The van der Waals surface area contributed by atoms with Crippen LogP contribution in [0.15, 0.2) is 68.9 Å². The molecular weight excluding hydrogens is 278 g/mol. The Hall–Kier alpha value is -3.39. The zero-order valence-electron chi connectivity index (χ0n) is 11.5. The molecule has 0 spiro atoms. The lowest BCUT2D eigenvalue weighted by Crippen LogP contribution is -2.01. The van der Waals surface area contributed by atoms with Gasteiger partial charge in [0.1, 0.15) is 11.6 Å². The zero-order chi connectivity index (χ0) is 15.4. The summed E-state index contributed by atoms with van der Waals surface area (Å²) in [6.07, 6.45) is 1.42. The minimum atomic E-state index is -0.503. The number of hydrogen-bond acceptors (Lipinski definition) is 4. The molecule has 5 heteroatoms. The van der Waals surface area contributed by atoms with Gasteiger partial charge in [0, 0.05) is 11.8 Å². The fourth-order valence-electron chi connectivity index (χ4n) is 2.06. The maximum absolute atomic E-state index is 11.8. The summed E-state index contributed by atoms with van der Waals surface area (Å²) in [4.78, 5) is 16.1. The summed E-state index contributed by atoms with van der Waals surface area (Å²) >= 11 is 0. The molecule has 0 fully saturated rings. The second-order valence-corrected chi connectivity index (χ2v) is 4.53. The molecule has 3 aromatic rings. The van der Waals surface area contributed by atoms with Gasteiger partial charge in [0.25, 0.3) is 0 Å². The molecule has 0 bridgehead atoms. The second kappa shape index (κ2) is 5.94. The predicted octanol–water partition coefficient (Wildman–Crippen LogP) is 3.26. The lowest BCUT2D eigenvalue weighted by molar-refractivity contribution is 0.393. The van der Waals surface area contributed by atoms with Crippen molar-refractivity contribution < 1.29 is 4.52 Å². The topological polar surface area (TPSA) is 82.2 Å². The Labute approximate surface area is 126 Å². The Bertz CT molecular complexity index is 915. The van der Waals surface area contributed by atoms with Crippen LogP contribution in [0.25, 0.3) is 11.3 Å². The van der Waals surface area contributed by atoms with E-state index in [0.29, 0.717) is 22.5 Å². The van der Waals surface area contributed by atoms with Crippen LogP contribution in [-0.2, 0) is 0 Å². The van der Waals surface area contributed by atoms with Gasteiger partial charge in [0.2, 0.25) is 0 Å². The first kappa shape index (κ1) is 13.6. The number of aliphatic imine (C=N–C) groups is 1. The van der Waals surface area contributed by atoms with Gasteiger partial charge in [-0.2, -0.15) is 5.26 Å². The standard InChI is InChI=1S/C17H11N3O2/c18-10-13-8-4-5-9-15(13)19-11-14-16(20-22-17(14)21)12-6-2-1-3-7-12/h1-9,11,20H. The molecule has 22 heavy (non-hydrogen) atoms. The summed E-state index contributed by atoms with van der Waals surface area (Å²) in [5, 5.41) is 11.7. The van der Waals surface area contributed by atoms with Crippen LogP contribution in [0.3, 0.4) is 0 Å². The summed E-state index contributed by atoms with van der Waals surface area (Å²) in [6, 6.07) is 18.3. The second-order valence-electron chi connectivity index (χ2n) is 4.53. The van der Waals surface area contributed by atoms with Crippen LogP contribution < -0.4 is 5.63 Å². The third-order valence-electron chi connectivity index (χ3n) is 3.15. The van der Waals surface area contributed by atoms with Crippen molar-refractivity contribution in [2.75, 3.05) is 0 Å². The Kier molecular flexibility index (Phi) is 3.67. The number of nitriles is 1. The molecule has 2 aromatic carbocycles. The van der Waals surface area contributed by atoms with E-state index in [4.69, 9.17) is 9.78 Å². The number of nitrogens with one attached hydrogen (secondary N) is 1. The molecule has 0 amide bonds. The summed E-state index contributed by atoms with van der Waals surface area (Å²) < 4.78 is 4.86. The largest absolute Gasteiger partial charge is 0.366 e. The van der Waals surface area contributed by atoms with Crippen molar-refractivity contribution in [3.8, 4) is 17.3 Å². The smallest absolute Gasteiger partial charge is 0.338 e. The lowest BCUT2D eigenvalue weighted by Gasteiger charge is -1.98. The molecule has 1 N–H and O–H groups in total. The highest BCUT2D eigenvalue weighted by Crippen LogP contribution is 2.20. The van der Waals surface area contributed by atoms with Crippen molar-refractivity contribution in [3.63, 3.8) is 0 Å².